The Kier molecular flexibility index (Phi) is 2.71. The Hall–Kier alpha value is -2.13. The summed E-state index contributed by atoms with van der Waals surface area (Å²) in [7, 11) is 0. The number of nitriles is 1. The van der Waals surface area contributed by atoms with Crippen LogP contribution in [0, 0.1) is 11.3 Å². The number of nitrogens with zero attached hydrogens (tertiary/aromatic N) is 1. The molecule has 8 N–H and O–H groups in total. The van der Waals surface area contributed by atoms with Crippen LogP contribution in [0.15, 0.2) is 48.2 Å². The number of hydrogen-bond acceptors (Lipinski definition) is 5. The van der Waals surface area contributed by atoms with Crippen molar-refractivity contribution in [2.24, 2.45) is 22.9 Å². The first kappa shape index (κ1) is 12.3. The molecule has 1 aliphatic rings. The summed E-state index contributed by atoms with van der Waals surface area (Å²) in [6.45, 7) is 0. The van der Waals surface area contributed by atoms with E-state index in [1.807, 2.05) is 6.07 Å². The smallest absolute Gasteiger partial charge is 0.104 e. The van der Waals surface area contributed by atoms with Crippen molar-refractivity contribution in [2.45, 2.75) is 11.2 Å². The lowest BCUT2D eigenvalue weighted by atomic mass is 9.81. The van der Waals surface area contributed by atoms with Crippen LogP contribution in [0.5, 0.6) is 0 Å². The summed E-state index contributed by atoms with van der Waals surface area (Å²) < 4.78 is 0. The van der Waals surface area contributed by atoms with Crippen LogP contribution < -0.4 is 22.9 Å². The van der Waals surface area contributed by atoms with Crippen molar-refractivity contribution < 1.29 is 0 Å². The van der Waals surface area contributed by atoms with Gasteiger partial charge in [-0.15, -0.1) is 0 Å². The molecule has 1 aromatic rings. The van der Waals surface area contributed by atoms with Gasteiger partial charge in [-0.25, -0.2) is 0 Å². The minimum Gasteiger partial charge on any atom is -0.400 e. The van der Waals surface area contributed by atoms with Gasteiger partial charge >= 0.3 is 0 Å². The van der Waals surface area contributed by atoms with Gasteiger partial charge in [-0.05, 0) is 29.8 Å². The van der Waals surface area contributed by atoms with Crippen molar-refractivity contribution in [2.75, 3.05) is 0 Å². The zero-order valence-corrected chi connectivity index (χ0v) is 9.80. The quantitative estimate of drug-likeness (QED) is 0.398. The molecule has 2 rings (SSSR count). The second kappa shape index (κ2) is 3.96. The van der Waals surface area contributed by atoms with E-state index in [-0.39, 0.29) is 0 Å². The van der Waals surface area contributed by atoms with E-state index in [1.54, 1.807) is 36.4 Å². The van der Waals surface area contributed by atoms with Crippen LogP contribution in [-0.4, -0.2) is 5.66 Å². The fraction of sp³-hybridized carbons (Fsp3) is 0.154. The number of benzene rings is 1. The topological polar surface area (TPSA) is 128 Å². The van der Waals surface area contributed by atoms with E-state index in [9.17, 15) is 0 Å². The van der Waals surface area contributed by atoms with Gasteiger partial charge in [-0.3, -0.25) is 0 Å². The van der Waals surface area contributed by atoms with E-state index < -0.39 is 11.2 Å². The van der Waals surface area contributed by atoms with Crippen molar-refractivity contribution in [3.8, 4) is 6.07 Å². The van der Waals surface area contributed by atoms with Crippen LogP contribution in [0.1, 0.15) is 11.1 Å². The maximum absolute atomic E-state index is 8.76. The van der Waals surface area contributed by atoms with Crippen molar-refractivity contribution in [1.29, 1.82) is 5.26 Å². The van der Waals surface area contributed by atoms with Crippen molar-refractivity contribution >= 4 is 0 Å². The van der Waals surface area contributed by atoms with Crippen molar-refractivity contribution in [1.82, 2.24) is 0 Å². The Bertz CT molecular complexity index is 562. The predicted molar refractivity (Wildman–Crippen MR) is 69.5 cm³/mol. The largest absolute Gasteiger partial charge is 0.400 e. The monoisotopic (exact) mass is 241 g/mol. The van der Waals surface area contributed by atoms with Gasteiger partial charge in [0.05, 0.1) is 17.2 Å². The molecule has 0 spiro atoms. The van der Waals surface area contributed by atoms with Gasteiger partial charge in [-0.1, -0.05) is 18.2 Å². The molecule has 0 aromatic heterocycles. The van der Waals surface area contributed by atoms with Gasteiger partial charge in [0, 0.05) is 5.70 Å². The third-order valence-electron chi connectivity index (χ3n) is 3.01. The summed E-state index contributed by atoms with van der Waals surface area (Å²) in [6.07, 6.45) is 4.83. The van der Waals surface area contributed by atoms with Crippen LogP contribution in [-0.2, 0) is 5.54 Å². The Morgan fingerprint density at radius 3 is 2.11 bits per heavy atom. The molecule has 1 aliphatic carbocycles. The summed E-state index contributed by atoms with van der Waals surface area (Å²) >= 11 is 0. The second-order valence-electron chi connectivity index (χ2n) is 4.49. The van der Waals surface area contributed by atoms with E-state index in [0.717, 1.165) is 5.56 Å². The summed E-state index contributed by atoms with van der Waals surface area (Å²) in [5.74, 6) is 0. The molecule has 0 fully saturated rings. The molecule has 18 heavy (non-hydrogen) atoms. The van der Waals surface area contributed by atoms with Crippen LogP contribution in [0.2, 0.25) is 0 Å². The zero-order chi connectivity index (χ0) is 13.4. The van der Waals surface area contributed by atoms with Gasteiger partial charge in [0.25, 0.3) is 0 Å². The first-order chi connectivity index (χ1) is 8.37. The zero-order valence-electron chi connectivity index (χ0n) is 9.80. The molecule has 1 atom stereocenters. The summed E-state index contributed by atoms with van der Waals surface area (Å²) in [5, 5.41) is 8.76. The molecule has 92 valence electrons. The average Bonchev–Trinajstić information content (AvgIpc) is 2.34. The standard InChI is InChI=1S/C13H15N5/c14-8-9-1-3-10(4-2-9)13(18)6-5-12(16,17)7-11(13)15/h1-7H,15-18H2. The van der Waals surface area contributed by atoms with E-state index in [0.29, 0.717) is 11.3 Å². The maximum atomic E-state index is 8.76. The fourth-order valence-electron chi connectivity index (χ4n) is 1.89. The Morgan fingerprint density at radius 1 is 1.00 bits per heavy atom. The maximum Gasteiger partial charge on any atom is 0.104 e. The molecule has 0 saturated heterocycles. The van der Waals surface area contributed by atoms with Crippen molar-refractivity contribution in [3.63, 3.8) is 0 Å². The van der Waals surface area contributed by atoms with Crippen LogP contribution >= 0.6 is 0 Å². The lowest BCUT2D eigenvalue weighted by Gasteiger charge is -2.34. The molecule has 1 unspecified atom stereocenters. The molecule has 0 bridgehead atoms. The average molecular weight is 241 g/mol. The van der Waals surface area contributed by atoms with Gasteiger partial charge in [0.1, 0.15) is 5.66 Å². The Morgan fingerprint density at radius 2 is 1.61 bits per heavy atom. The minimum atomic E-state index is -1.07. The van der Waals surface area contributed by atoms with Gasteiger partial charge < -0.3 is 22.9 Å². The first-order valence-electron chi connectivity index (χ1n) is 5.44. The van der Waals surface area contributed by atoms with Gasteiger partial charge in [0.2, 0.25) is 0 Å². The van der Waals surface area contributed by atoms with E-state index in [4.69, 9.17) is 28.2 Å². The van der Waals surface area contributed by atoms with Gasteiger partial charge in [-0.2, -0.15) is 5.26 Å². The van der Waals surface area contributed by atoms with Crippen LogP contribution in [0.25, 0.3) is 0 Å². The van der Waals surface area contributed by atoms with E-state index in [2.05, 4.69) is 0 Å². The fourth-order valence-corrected chi connectivity index (χ4v) is 1.89. The molecule has 0 aliphatic heterocycles. The highest BCUT2D eigenvalue weighted by Gasteiger charge is 2.33. The first-order valence-corrected chi connectivity index (χ1v) is 5.44. The lowest BCUT2D eigenvalue weighted by molar-refractivity contribution is 0.579. The van der Waals surface area contributed by atoms with E-state index >= 15 is 0 Å². The summed E-state index contributed by atoms with van der Waals surface area (Å²) in [5.41, 5.74) is 23.4. The summed E-state index contributed by atoms with van der Waals surface area (Å²) in [4.78, 5) is 0. The molecule has 0 heterocycles. The molecule has 0 radical (unpaired) electrons. The third-order valence-corrected chi connectivity index (χ3v) is 3.01. The molecular weight excluding hydrogens is 226 g/mol. The molecular formula is C13H15N5. The van der Waals surface area contributed by atoms with E-state index in [1.165, 1.54) is 6.08 Å². The number of rotatable bonds is 1. The highest BCUT2D eigenvalue weighted by atomic mass is 15.0. The van der Waals surface area contributed by atoms with Crippen LogP contribution in [0.4, 0.5) is 0 Å². The Balaban J connectivity index is 2.44. The molecule has 1 aromatic carbocycles. The van der Waals surface area contributed by atoms with Gasteiger partial charge in [0.15, 0.2) is 0 Å². The highest BCUT2D eigenvalue weighted by Crippen LogP contribution is 2.30. The number of nitrogens with two attached hydrogens (primary N) is 4. The summed E-state index contributed by atoms with van der Waals surface area (Å²) in [6, 6.07) is 8.97. The SMILES string of the molecule is N#Cc1ccc(C2(N)C=CC(N)(N)C=C2N)cc1. The third kappa shape index (κ3) is 2.00. The molecule has 5 nitrogen and oxygen atoms in total. The molecule has 5 heteroatoms. The predicted octanol–water partition coefficient (Wildman–Crippen LogP) is -0.262. The highest BCUT2D eigenvalue weighted by molar-refractivity contribution is 5.46. The number of hydrogen-bond donors (Lipinski definition) is 4. The lowest BCUT2D eigenvalue weighted by Crippen LogP contribution is -2.52. The minimum absolute atomic E-state index is 0.389. The normalized spacial score (nSPS) is 25.3. The van der Waals surface area contributed by atoms with Crippen LogP contribution in [0.3, 0.4) is 0 Å². The second-order valence-corrected chi connectivity index (χ2v) is 4.49. The Labute approximate surface area is 105 Å². The molecule has 0 saturated carbocycles. The van der Waals surface area contributed by atoms with Crippen molar-refractivity contribution in [3.05, 3.63) is 59.3 Å². The molecule has 0 amide bonds.